The zero-order valence-electron chi connectivity index (χ0n) is 25.7. The maximum absolute atomic E-state index is 6.33. The van der Waals surface area contributed by atoms with Crippen molar-refractivity contribution >= 4 is 43.9 Å². The van der Waals surface area contributed by atoms with Crippen LogP contribution in [-0.2, 0) is 0 Å². The normalized spacial score (nSPS) is 12.0. The van der Waals surface area contributed by atoms with Crippen molar-refractivity contribution in [1.82, 2.24) is 19.9 Å². The highest BCUT2D eigenvalue weighted by Gasteiger charge is 2.19. The summed E-state index contributed by atoms with van der Waals surface area (Å²) in [4.78, 5) is 20.5. The predicted molar refractivity (Wildman–Crippen MR) is 184 cm³/mol. The summed E-state index contributed by atoms with van der Waals surface area (Å²) in [5.74, 6) is 1.25. The Bertz CT molecular complexity index is 2390. The summed E-state index contributed by atoms with van der Waals surface area (Å²) in [5.41, 5.74) is 11.2. The van der Waals surface area contributed by atoms with Gasteiger partial charge in [0.25, 0.3) is 0 Å². The molecule has 218 valence electrons. The lowest BCUT2D eigenvalue weighted by Gasteiger charge is -2.15. The first-order chi connectivity index (χ1) is 21.9. The number of nitrogens with zero attached hydrogens (tertiary/aromatic N) is 4. The van der Waals surface area contributed by atoms with Crippen LogP contribution in [0.2, 0.25) is 0 Å². The Balaban J connectivity index is 1.36. The second-order valence-electron chi connectivity index (χ2n) is 12.3. The molecule has 0 amide bonds. The lowest BCUT2D eigenvalue weighted by atomic mass is 9.95. The zero-order chi connectivity index (χ0) is 30.7. The second-order valence-corrected chi connectivity index (χ2v) is 12.3. The minimum absolute atomic E-state index is 0.258. The van der Waals surface area contributed by atoms with Crippen molar-refractivity contribution in [2.24, 2.45) is 0 Å². The molecule has 0 aliphatic carbocycles. The highest BCUT2D eigenvalue weighted by atomic mass is 16.3. The topological polar surface area (TPSA) is 64.7 Å². The fourth-order valence-electron chi connectivity index (χ4n) is 6.10. The first kappa shape index (κ1) is 27.2. The molecule has 0 atom stereocenters. The van der Waals surface area contributed by atoms with Crippen molar-refractivity contribution in [3.8, 4) is 33.8 Å². The summed E-state index contributed by atoms with van der Waals surface area (Å²) >= 11 is 0. The number of hydrogen-bond acceptors (Lipinski definition) is 5. The Kier molecular flexibility index (Phi) is 6.42. The highest BCUT2D eigenvalue weighted by Crippen LogP contribution is 2.38. The molecule has 0 bridgehead atoms. The minimum atomic E-state index is 0.258. The van der Waals surface area contributed by atoms with E-state index in [9.17, 15) is 0 Å². The summed E-state index contributed by atoms with van der Waals surface area (Å²) in [6.07, 6.45) is 0. The van der Waals surface area contributed by atoms with Gasteiger partial charge in [0, 0.05) is 38.7 Å². The van der Waals surface area contributed by atoms with Crippen LogP contribution in [0.1, 0.15) is 50.9 Å². The van der Waals surface area contributed by atoms with Gasteiger partial charge in [0.1, 0.15) is 16.8 Å². The van der Waals surface area contributed by atoms with Crippen LogP contribution < -0.4 is 0 Å². The highest BCUT2D eigenvalue weighted by molar-refractivity contribution is 6.09. The van der Waals surface area contributed by atoms with Gasteiger partial charge in [-0.1, -0.05) is 107 Å². The van der Waals surface area contributed by atoms with E-state index < -0.39 is 0 Å². The summed E-state index contributed by atoms with van der Waals surface area (Å²) in [6.45, 7) is 8.74. The lowest BCUT2D eigenvalue weighted by molar-refractivity contribution is 0.667. The average Bonchev–Trinajstić information content (AvgIpc) is 3.46. The van der Waals surface area contributed by atoms with Gasteiger partial charge in [0.15, 0.2) is 11.4 Å². The molecule has 0 N–H and O–H groups in total. The number of benzene rings is 4. The standard InChI is InChI=1S/C40H32N4O/c1-23(2)32-20-18-26-17-19-29-31(22-33(24(3)4)42-37(29)35(26)41-32)27-13-10-14-28(21-27)40-43-36(25-11-6-5-7-12-25)39-38(44-40)30-15-8-9-16-34(30)45-39/h5-24H,1-4H3. The Labute approximate surface area is 261 Å². The van der Waals surface area contributed by atoms with Crippen molar-refractivity contribution in [3.63, 3.8) is 0 Å². The molecule has 0 fully saturated rings. The molecule has 8 rings (SSSR count). The van der Waals surface area contributed by atoms with Gasteiger partial charge >= 0.3 is 0 Å². The van der Waals surface area contributed by atoms with Gasteiger partial charge < -0.3 is 4.42 Å². The Hall–Kier alpha value is -5.42. The van der Waals surface area contributed by atoms with Crippen molar-refractivity contribution in [2.45, 2.75) is 39.5 Å². The van der Waals surface area contributed by atoms with Crippen LogP contribution in [0.3, 0.4) is 0 Å². The van der Waals surface area contributed by atoms with E-state index >= 15 is 0 Å². The van der Waals surface area contributed by atoms with Gasteiger partial charge in [-0.2, -0.15) is 0 Å². The molecule has 5 heteroatoms. The summed E-state index contributed by atoms with van der Waals surface area (Å²) in [7, 11) is 0. The molecule has 0 radical (unpaired) electrons. The molecule has 4 heterocycles. The van der Waals surface area contributed by atoms with Crippen molar-refractivity contribution in [2.75, 3.05) is 0 Å². The van der Waals surface area contributed by atoms with E-state index in [4.69, 9.17) is 24.4 Å². The third kappa shape index (κ3) is 4.63. The molecule has 45 heavy (non-hydrogen) atoms. The third-order valence-corrected chi connectivity index (χ3v) is 8.56. The number of furan rings is 1. The number of fused-ring (bicyclic) bond motifs is 6. The van der Waals surface area contributed by atoms with E-state index in [1.807, 2.05) is 36.4 Å². The Morgan fingerprint density at radius 2 is 1.22 bits per heavy atom. The van der Waals surface area contributed by atoms with Crippen LogP contribution in [-0.4, -0.2) is 19.9 Å². The van der Waals surface area contributed by atoms with E-state index in [-0.39, 0.29) is 5.92 Å². The molecular formula is C40H32N4O. The van der Waals surface area contributed by atoms with Crippen molar-refractivity contribution < 1.29 is 4.42 Å². The van der Waals surface area contributed by atoms with Crippen LogP contribution in [0.25, 0.3) is 77.6 Å². The van der Waals surface area contributed by atoms with Gasteiger partial charge in [-0.3, -0.25) is 9.97 Å². The van der Waals surface area contributed by atoms with Crippen LogP contribution in [0.5, 0.6) is 0 Å². The van der Waals surface area contributed by atoms with Crippen LogP contribution in [0.4, 0.5) is 0 Å². The predicted octanol–water partition coefficient (Wildman–Crippen LogP) is 10.7. The monoisotopic (exact) mass is 584 g/mol. The van der Waals surface area contributed by atoms with E-state index in [2.05, 4.69) is 100 Å². The van der Waals surface area contributed by atoms with Gasteiger partial charge in [-0.25, -0.2) is 9.97 Å². The van der Waals surface area contributed by atoms with E-state index in [1.165, 1.54) is 0 Å². The van der Waals surface area contributed by atoms with E-state index in [0.717, 1.165) is 77.6 Å². The maximum Gasteiger partial charge on any atom is 0.180 e. The number of hydrogen-bond donors (Lipinski definition) is 0. The Morgan fingerprint density at radius 3 is 2.04 bits per heavy atom. The summed E-state index contributed by atoms with van der Waals surface area (Å²) in [6, 6.07) is 37.6. The smallest absolute Gasteiger partial charge is 0.180 e. The van der Waals surface area contributed by atoms with Gasteiger partial charge in [0.2, 0.25) is 0 Å². The van der Waals surface area contributed by atoms with Gasteiger partial charge in [-0.05, 0) is 53.3 Å². The molecular weight excluding hydrogens is 552 g/mol. The van der Waals surface area contributed by atoms with Crippen LogP contribution >= 0.6 is 0 Å². The quantitative estimate of drug-likeness (QED) is 0.188. The minimum Gasteiger partial charge on any atom is -0.452 e. The molecule has 8 aromatic rings. The SMILES string of the molecule is CC(C)c1ccc2ccc3c(-c4cccc(-c5nc(-c6ccccc6)c6oc7ccccc7c6n5)c4)cc(C(C)C)nc3c2n1. The van der Waals surface area contributed by atoms with Crippen molar-refractivity contribution in [3.05, 3.63) is 121 Å². The number of rotatable bonds is 5. The number of aromatic nitrogens is 4. The molecule has 0 saturated heterocycles. The van der Waals surface area contributed by atoms with E-state index in [0.29, 0.717) is 17.3 Å². The van der Waals surface area contributed by atoms with Gasteiger partial charge in [0.05, 0.1) is 11.0 Å². The Morgan fingerprint density at radius 1 is 0.511 bits per heavy atom. The maximum atomic E-state index is 6.33. The molecule has 0 spiro atoms. The second kappa shape index (κ2) is 10.6. The average molecular weight is 585 g/mol. The molecule has 0 unspecified atom stereocenters. The van der Waals surface area contributed by atoms with Crippen LogP contribution in [0, 0.1) is 0 Å². The lowest BCUT2D eigenvalue weighted by Crippen LogP contribution is -1.99. The van der Waals surface area contributed by atoms with Gasteiger partial charge in [-0.15, -0.1) is 0 Å². The fraction of sp³-hybridized carbons (Fsp3) is 0.150. The fourth-order valence-corrected chi connectivity index (χ4v) is 6.10. The molecule has 0 saturated carbocycles. The largest absolute Gasteiger partial charge is 0.452 e. The number of para-hydroxylation sites is 1. The molecule has 4 aromatic carbocycles. The third-order valence-electron chi connectivity index (χ3n) is 8.56. The first-order valence-corrected chi connectivity index (χ1v) is 15.5. The molecule has 4 aromatic heterocycles. The molecule has 0 aliphatic heterocycles. The summed E-state index contributed by atoms with van der Waals surface area (Å²) in [5, 5.41) is 3.16. The van der Waals surface area contributed by atoms with E-state index in [1.54, 1.807) is 0 Å². The summed E-state index contributed by atoms with van der Waals surface area (Å²) < 4.78 is 6.33. The molecule has 5 nitrogen and oxygen atoms in total. The zero-order valence-corrected chi connectivity index (χ0v) is 25.7. The van der Waals surface area contributed by atoms with Crippen molar-refractivity contribution in [1.29, 1.82) is 0 Å². The first-order valence-electron chi connectivity index (χ1n) is 15.5. The number of pyridine rings is 2. The van der Waals surface area contributed by atoms with Crippen LogP contribution in [0.15, 0.2) is 114 Å². The molecule has 0 aliphatic rings.